The highest BCUT2D eigenvalue weighted by atomic mass is 14.0. The first-order valence-corrected chi connectivity index (χ1v) is 5.88. The van der Waals surface area contributed by atoms with E-state index in [0.717, 1.165) is 12.3 Å². The van der Waals surface area contributed by atoms with Crippen LogP contribution in [-0.4, -0.2) is 0 Å². The topological polar surface area (TPSA) is 0 Å². The highest BCUT2D eigenvalue weighted by molar-refractivity contribution is 5.15. The predicted octanol–water partition coefficient (Wildman–Crippen LogP) is 4.61. The molecular formula is C15H22. The van der Waals surface area contributed by atoms with Crippen molar-refractivity contribution in [2.45, 2.75) is 40.0 Å². The van der Waals surface area contributed by atoms with E-state index in [4.69, 9.17) is 0 Å². The van der Waals surface area contributed by atoms with Gasteiger partial charge < -0.3 is 0 Å². The van der Waals surface area contributed by atoms with Gasteiger partial charge in [-0.3, -0.25) is 0 Å². The van der Waals surface area contributed by atoms with Gasteiger partial charge in [0.25, 0.3) is 0 Å². The number of benzene rings is 1. The molecule has 1 aromatic carbocycles. The maximum absolute atomic E-state index is 2.38. The standard InChI is InChI=1S/C15H22/c1-13(2)12-14(3)8-7-11-15-9-5-4-6-10-15/h4-6,8-10,13H,7,11-12H2,1-3H3/b14-8+. The van der Waals surface area contributed by atoms with Gasteiger partial charge >= 0.3 is 0 Å². The molecule has 0 atom stereocenters. The van der Waals surface area contributed by atoms with Crippen LogP contribution in [0, 0.1) is 5.92 Å². The Labute approximate surface area is 94.0 Å². The van der Waals surface area contributed by atoms with Crippen molar-refractivity contribution in [1.29, 1.82) is 0 Å². The fourth-order valence-electron chi connectivity index (χ4n) is 1.86. The van der Waals surface area contributed by atoms with E-state index in [1.165, 1.54) is 24.0 Å². The lowest BCUT2D eigenvalue weighted by atomic mass is 10.0. The minimum absolute atomic E-state index is 0.776. The minimum atomic E-state index is 0.776. The zero-order valence-corrected chi connectivity index (χ0v) is 10.2. The molecule has 0 aromatic heterocycles. The van der Waals surface area contributed by atoms with Crippen molar-refractivity contribution in [3.63, 3.8) is 0 Å². The average molecular weight is 202 g/mol. The third-order valence-electron chi connectivity index (χ3n) is 2.50. The molecule has 15 heavy (non-hydrogen) atoms. The Bertz CT molecular complexity index is 293. The van der Waals surface area contributed by atoms with Gasteiger partial charge in [0.15, 0.2) is 0 Å². The summed E-state index contributed by atoms with van der Waals surface area (Å²) >= 11 is 0. The van der Waals surface area contributed by atoms with Gasteiger partial charge in [-0.1, -0.05) is 55.8 Å². The molecule has 0 amide bonds. The molecule has 0 saturated heterocycles. The van der Waals surface area contributed by atoms with Crippen molar-refractivity contribution < 1.29 is 0 Å². The first-order valence-electron chi connectivity index (χ1n) is 5.88. The first kappa shape index (κ1) is 12.0. The monoisotopic (exact) mass is 202 g/mol. The van der Waals surface area contributed by atoms with E-state index < -0.39 is 0 Å². The molecule has 0 spiro atoms. The molecule has 0 bridgehead atoms. The number of hydrogen-bond donors (Lipinski definition) is 0. The van der Waals surface area contributed by atoms with Gasteiger partial charge in [-0.25, -0.2) is 0 Å². The molecule has 0 heteroatoms. The van der Waals surface area contributed by atoms with Crippen LogP contribution in [0.15, 0.2) is 42.0 Å². The molecule has 0 aliphatic heterocycles. The SMILES string of the molecule is C/C(=C\CCc1ccccc1)CC(C)C. The van der Waals surface area contributed by atoms with Crippen LogP contribution >= 0.6 is 0 Å². The Morgan fingerprint density at radius 2 is 1.87 bits per heavy atom. The maximum atomic E-state index is 2.38. The van der Waals surface area contributed by atoms with E-state index in [-0.39, 0.29) is 0 Å². The lowest BCUT2D eigenvalue weighted by Crippen LogP contribution is -1.89. The third kappa shape index (κ3) is 5.41. The molecule has 0 aliphatic rings. The van der Waals surface area contributed by atoms with E-state index in [1.807, 2.05) is 0 Å². The van der Waals surface area contributed by atoms with E-state index in [1.54, 1.807) is 0 Å². The zero-order valence-electron chi connectivity index (χ0n) is 10.2. The summed E-state index contributed by atoms with van der Waals surface area (Å²) in [5, 5.41) is 0. The van der Waals surface area contributed by atoms with Crippen molar-refractivity contribution in [3.05, 3.63) is 47.5 Å². The maximum Gasteiger partial charge on any atom is -0.0244 e. The number of allylic oxidation sites excluding steroid dienone is 2. The van der Waals surface area contributed by atoms with E-state index in [2.05, 4.69) is 57.2 Å². The molecule has 0 nitrogen and oxygen atoms in total. The number of rotatable bonds is 5. The Kier molecular flexibility index (Phi) is 5.17. The Balaban J connectivity index is 2.32. The second kappa shape index (κ2) is 6.44. The summed E-state index contributed by atoms with van der Waals surface area (Å²) in [5.74, 6) is 0.776. The Hall–Kier alpha value is -1.04. The van der Waals surface area contributed by atoms with Crippen LogP contribution < -0.4 is 0 Å². The summed E-state index contributed by atoms with van der Waals surface area (Å²) in [6.45, 7) is 6.79. The number of hydrogen-bond acceptors (Lipinski definition) is 0. The van der Waals surface area contributed by atoms with E-state index in [9.17, 15) is 0 Å². The van der Waals surface area contributed by atoms with Gasteiger partial charge in [0.1, 0.15) is 0 Å². The zero-order chi connectivity index (χ0) is 11.1. The average Bonchev–Trinajstić information content (AvgIpc) is 2.18. The molecule has 0 radical (unpaired) electrons. The summed E-state index contributed by atoms with van der Waals surface area (Å²) in [5.41, 5.74) is 2.96. The predicted molar refractivity (Wildman–Crippen MR) is 68.0 cm³/mol. The van der Waals surface area contributed by atoms with Gasteiger partial charge in [-0.05, 0) is 37.7 Å². The number of aryl methyl sites for hydroxylation is 1. The summed E-state index contributed by atoms with van der Waals surface area (Å²) in [4.78, 5) is 0. The van der Waals surface area contributed by atoms with Crippen molar-refractivity contribution in [2.75, 3.05) is 0 Å². The molecule has 1 aromatic rings. The van der Waals surface area contributed by atoms with Crippen LogP contribution in [0.25, 0.3) is 0 Å². The Morgan fingerprint density at radius 1 is 1.20 bits per heavy atom. The largest absolute Gasteiger partial charge is 0.0853 e. The van der Waals surface area contributed by atoms with Crippen LogP contribution in [0.3, 0.4) is 0 Å². The summed E-state index contributed by atoms with van der Waals surface area (Å²) in [7, 11) is 0. The highest BCUT2D eigenvalue weighted by Gasteiger charge is 1.95. The van der Waals surface area contributed by atoms with E-state index >= 15 is 0 Å². The van der Waals surface area contributed by atoms with Crippen molar-refractivity contribution in [2.24, 2.45) is 5.92 Å². The molecule has 0 fully saturated rings. The van der Waals surface area contributed by atoms with E-state index in [0.29, 0.717) is 0 Å². The molecular weight excluding hydrogens is 180 g/mol. The highest BCUT2D eigenvalue weighted by Crippen LogP contribution is 2.11. The van der Waals surface area contributed by atoms with Crippen LogP contribution in [0.1, 0.15) is 39.2 Å². The fourth-order valence-corrected chi connectivity index (χ4v) is 1.86. The molecule has 0 unspecified atom stereocenters. The summed E-state index contributed by atoms with van der Waals surface area (Å²) in [6.07, 6.45) is 5.95. The summed E-state index contributed by atoms with van der Waals surface area (Å²) in [6, 6.07) is 10.7. The van der Waals surface area contributed by atoms with Crippen molar-refractivity contribution >= 4 is 0 Å². The molecule has 1 rings (SSSR count). The summed E-state index contributed by atoms with van der Waals surface area (Å²) < 4.78 is 0. The Morgan fingerprint density at radius 3 is 2.47 bits per heavy atom. The second-order valence-electron chi connectivity index (χ2n) is 4.67. The first-order chi connectivity index (χ1) is 7.18. The lowest BCUT2D eigenvalue weighted by molar-refractivity contribution is 0.640. The molecule has 0 aliphatic carbocycles. The quantitative estimate of drug-likeness (QED) is 0.612. The van der Waals surface area contributed by atoms with Gasteiger partial charge in [-0.2, -0.15) is 0 Å². The van der Waals surface area contributed by atoms with Crippen molar-refractivity contribution in [3.8, 4) is 0 Å². The normalized spacial score (nSPS) is 12.1. The van der Waals surface area contributed by atoms with Crippen molar-refractivity contribution in [1.82, 2.24) is 0 Å². The molecule has 0 heterocycles. The van der Waals surface area contributed by atoms with Gasteiger partial charge in [0.2, 0.25) is 0 Å². The second-order valence-corrected chi connectivity index (χ2v) is 4.67. The van der Waals surface area contributed by atoms with Gasteiger partial charge in [0, 0.05) is 0 Å². The van der Waals surface area contributed by atoms with Gasteiger partial charge in [-0.15, -0.1) is 0 Å². The molecule has 0 N–H and O–H groups in total. The van der Waals surface area contributed by atoms with Gasteiger partial charge in [0.05, 0.1) is 0 Å². The van der Waals surface area contributed by atoms with Crippen LogP contribution in [0.2, 0.25) is 0 Å². The fraction of sp³-hybridized carbons (Fsp3) is 0.467. The molecule has 0 saturated carbocycles. The lowest BCUT2D eigenvalue weighted by Gasteiger charge is -2.04. The smallest absolute Gasteiger partial charge is 0.0244 e. The molecule has 82 valence electrons. The third-order valence-corrected chi connectivity index (χ3v) is 2.50. The van der Waals surface area contributed by atoms with Crippen LogP contribution in [0.4, 0.5) is 0 Å². The minimum Gasteiger partial charge on any atom is -0.0853 e. The van der Waals surface area contributed by atoms with Crippen LogP contribution in [0.5, 0.6) is 0 Å². The van der Waals surface area contributed by atoms with Crippen LogP contribution in [-0.2, 0) is 6.42 Å².